The van der Waals surface area contributed by atoms with Crippen molar-refractivity contribution in [3.63, 3.8) is 0 Å². The second-order valence-corrected chi connectivity index (χ2v) is 5.68. The largest absolute Gasteiger partial charge is 0.307 e. The quantitative estimate of drug-likeness (QED) is 0.671. The lowest BCUT2D eigenvalue weighted by molar-refractivity contribution is -0.158. The number of amides is 3. The van der Waals surface area contributed by atoms with Crippen LogP contribution in [0.2, 0.25) is 0 Å². The first-order valence-electron chi connectivity index (χ1n) is 6.54. The second-order valence-electron chi connectivity index (χ2n) is 4.54. The molecule has 6 nitrogen and oxygen atoms in total. The highest BCUT2D eigenvalue weighted by Gasteiger charge is 2.30. The Bertz CT molecular complexity index is 332. The maximum Gasteiger partial charge on any atom is 0.226 e. The summed E-state index contributed by atoms with van der Waals surface area (Å²) >= 11 is 16.7. The molecule has 0 aromatic heterocycles. The van der Waals surface area contributed by atoms with Crippen molar-refractivity contribution >= 4 is 52.5 Å². The lowest BCUT2D eigenvalue weighted by Gasteiger charge is -2.42. The fraction of sp³-hybridized carbons (Fsp3) is 0.750. The maximum absolute atomic E-state index is 12.0. The average molecular weight is 359 g/mol. The molecule has 0 aliphatic carbocycles. The molecule has 1 aliphatic rings. The summed E-state index contributed by atoms with van der Waals surface area (Å²) in [5.74, 6) is -0.00646. The Morgan fingerprint density at radius 2 is 0.857 bits per heavy atom. The summed E-state index contributed by atoms with van der Waals surface area (Å²) in [6, 6.07) is 0. The van der Waals surface area contributed by atoms with E-state index in [0.29, 0.717) is 0 Å². The van der Waals surface area contributed by atoms with Crippen molar-refractivity contribution in [2.24, 2.45) is 0 Å². The van der Waals surface area contributed by atoms with Crippen LogP contribution in [0.3, 0.4) is 0 Å². The monoisotopic (exact) mass is 357 g/mol. The van der Waals surface area contributed by atoms with Crippen molar-refractivity contribution < 1.29 is 14.4 Å². The fourth-order valence-corrected chi connectivity index (χ4v) is 2.43. The standard InChI is InChI=1S/C12H18Cl3N3O3/c13-4-1-10(19)16-7-17(11(20)2-5-14)9-18(8-16)12(21)3-6-15/h1-9H2. The maximum atomic E-state index is 12.0. The van der Waals surface area contributed by atoms with Crippen LogP contribution in [-0.4, -0.2) is 70.1 Å². The van der Waals surface area contributed by atoms with E-state index in [1.165, 1.54) is 14.7 Å². The van der Waals surface area contributed by atoms with Gasteiger partial charge in [0.25, 0.3) is 0 Å². The highest BCUT2D eigenvalue weighted by Crippen LogP contribution is 2.12. The Hall–Kier alpha value is -0.720. The zero-order valence-electron chi connectivity index (χ0n) is 11.6. The Balaban J connectivity index is 2.79. The van der Waals surface area contributed by atoms with E-state index >= 15 is 0 Å². The van der Waals surface area contributed by atoms with E-state index in [-0.39, 0.29) is 74.6 Å². The number of carbonyl (C=O) groups is 3. The number of hydrogen-bond acceptors (Lipinski definition) is 3. The number of halogens is 3. The summed E-state index contributed by atoms with van der Waals surface area (Å²) in [6.07, 6.45) is 0.490. The van der Waals surface area contributed by atoms with E-state index in [4.69, 9.17) is 34.8 Å². The van der Waals surface area contributed by atoms with Crippen LogP contribution < -0.4 is 0 Å². The van der Waals surface area contributed by atoms with Crippen LogP contribution in [0.1, 0.15) is 19.3 Å². The topological polar surface area (TPSA) is 60.9 Å². The Morgan fingerprint density at radius 1 is 0.619 bits per heavy atom. The minimum Gasteiger partial charge on any atom is -0.307 e. The Kier molecular flexibility index (Phi) is 8.14. The van der Waals surface area contributed by atoms with Crippen molar-refractivity contribution in [2.45, 2.75) is 19.3 Å². The van der Waals surface area contributed by atoms with E-state index in [1.54, 1.807) is 0 Å². The van der Waals surface area contributed by atoms with Gasteiger partial charge in [0.1, 0.15) is 0 Å². The van der Waals surface area contributed by atoms with Crippen LogP contribution in [0.25, 0.3) is 0 Å². The van der Waals surface area contributed by atoms with Crippen LogP contribution in [0, 0.1) is 0 Å². The highest BCUT2D eigenvalue weighted by atomic mass is 35.5. The molecule has 1 aliphatic heterocycles. The molecular weight excluding hydrogens is 341 g/mol. The van der Waals surface area contributed by atoms with Crippen LogP contribution in [0.15, 0.2) is 0 Å². The molecule has 0 spiro atoms. The summed E-state index contributed by atoms with van der Waals surface area (Å²) in [5.41, 5.74) is 0. The van der Waals surface area contributed by atoms with Gasteiger partial charge >= 0.3 is 0 Å². The zero-order chi connectivity index (χ0) is 15.8. The number of nitrogens with zero attached hydrogens (tertiary/aromatic N) is 3. The molecule has 0 unspecified atom stereocenters. The van der Waals surface area contributed by atoms with Gasteiger partial charge in [-0.05, 0) is 0 Å². The minimum atomic E-state index is -0.197. The summed E-state index contributed by atoms with van der Waals surface area (Å²) in [7, 11) is 0. The number of alkyl halides is 3. The van der Waals surface area contributed by atoms with Gasteiger partial charge in [0.2, 0.25) is 17.7 Å². The molecule has 1 heterocycles. The molecule has 9 heteroatoms. The van der Waals surface area contributed by atoms with Gasteiger partial charge in [-0.2, -0.15) is 0 Å². The summed E-state index contributed by atoms with van der Waals surface area (Å²) in [4.78, 5) is 40.2. The predicted octanol–water partition coefficient (Wildman–Crippen LogP) is 1.24. The van der Waals surface area contributed by atoms with Crippen LogP contribution in [-0.2, 0) is 14.4 Å². The molecule has 0 aromatic carbocycles. The van der Waals surface area contributed by atoms with E-state index in [1.807, 2.05) is 0 Å². The van der Waals surface area contributed by atoms with Gasteiger partial charge in [0, 0.05) is 36.9 Å². The summed E-state index contributed by atoms with van der Waals surface area (Å²) in [6.45, 7) is 0.447. The molecule has 120 valence electrons. The van der Waals surface area contributed by atoms with Crippen LogP contribution >= 0.6 is 34.8 Å². The lowest BCUT2D eigenvalue weighted by Crippen LogP contribution is -2.59. The summed E-state index contributed by atoms with van der Waals surface area (Å²) in [5, 5.41) is 0. The van der Waals surface area contributed by atoms with Gasteiger partial charge < -0.3 is 14.7 Å². The van der Waals surface area contributed by atoms with E-state index < -0.39 is 0 Å². The minimum absolute atomic E-state index is 0.149. The van der Waals surface area contributed by atoms with Gasteiger partial charge in [0.05, 0.1) is 20.0 Å². The molecule has 1 saturated heterocycles. The van der Waals surface area contributed by atoms with Gasteiger partial charge in [0.15, 0.2) is 0 Å². The molecular formula is C12H18Cl3N3O3. The molecule has 0 saturated carbocycles. The predicted molar refractivity (Wildman–Crippen MR) is 81.2 cm³/mol. The van der Waals surface area contributed by atoms with Crippen LogP contribution in [0.4, 0.5) is 0 Å². The van der Waals surface area contributed by atoms with Gasteiger partial charge in [-0.3, -0.25) is 14.4 Å². The van der Waals surface area contributed by atoms with Crippen molar-refractivity contribution in [3.8, 4) is 0 Å². The lowest BCUT2D eigenvalue weighted by atomic mass is 10.3. The summed E-state index contributed by atoms with van der Waals surface area (Å²) < 4.78 is 0. The van der Waals surface area contributed by atoms with Gasteiger partial charge in [-0.15, -0.1) is 34.8 Å². The van der Waals surface area contributed by atoms with Crippen molar-refractivity contribution in [1.29, 1.82) is 0 Å². The van der Waals surface area contributed by atoms with Crippen LogP contribution in [0.5, 0.6) is 0 Å². The number of hydrogen-bond donors (Lipinski definition) is 0. The fourth-order valence-electron chi connectivity index (χ4n) is 1.94. The Morgan fingerprint density at radius 3 is 1.05 bits per heavy atom. The number of rotatable bonds is 6. The second kappa shape index (κ2) is 9.33. The Labute approximate surface area is 138 Å². The van der Waals surface area contributed by atoms with Crippen molar-refractivity contribution in [1.82, 2.24) is 14.7 Å². The molecule has 0 bridgehead atoms. The molecule has 0 N–H and O–H groups in total. The SMILES string of the molecule is O=C(CCCl)N1CN(C(=O)CCCl)CN(C(=O)CCCl)C1. The van der Waals surface area contributed by atoms with Gasteiger partial charge in [-0.1, -0.05) is 0 Å². The van der Waals surface area contributed by atoms with Crippen molar-refractivity contribution in [3.05, 3.63) is 0 Å². The molecule has 0 radical (unpaired) electrons. The third kappa shape index (κ3) is 5.52. The first-order chi connectivity index (χ1) is 10.0. The first kappa shape index (κ1) is 18.3. The molecule has 3 amide bonds. The van der Waals surface area contributed by atoms with E-state index in [2.05, 4.69) is 0 Å². The third-order valence-corrected chi connectivity index (χ3v) is 3.57. The first-order valence-corrected chi connectivity index (χ1v) is 8.15. The zero-order valence-corrected chi connectivity index (χ0v) is 13.8. The molecule has 21 heavy (non-hydrogen) atoms. The number of carbonyl (C=O) groups excluding carboxylic acids is 3. The normalized spacial score (nSPS) is 15.3. The third-order valence-electron chi connectivity index (χ3n) is 3.01. The smallest absolute Gasteiger partial charge is 0.226 e. The molecule has 0 aromatic rings. The molecule has 0 atom stereocenters. The average Bonchev–Trinajstić information content (AvgIpc) is 2.47. The highest BCUT2D eigenvalue weighted by molar-refractivity contribution is 6.19. The van der Waals surface area contributed by atoms with E-state index in [9.17, 15) is 14.4 Å². The van der Waals surface area contributed by atoms with E-state index in [0.717, 1.165) is 0 Å². The van der Waals surface area contributed by atoms with Gasteiger partial charge in [-0.25, -0.2) is 0 Å². The van der Waals surface area contributed by atoms with Crippen molar-refractivity contribution in [2.75, 3.05) is 37.6 Å². The molecule has 1 rings (SSSR count). The molecule has 1 fully saturated rings.